The number of hydrogen-bond donors (Lipinski definition) is 2. The number of hydrogen-bond acceptors (Lipinski definition) is 7. The molecule has 2 fully saturated rings. The molecule has 0 aliphatic carbocycles. The van der Waals surface area contributed by atoms with E-state index >= 15 is 0 Å². The second-order valence-electron chi connectivity index (χ2n) is 11.1. The first kappa shape index (κ1) is 28.6. The molecule has 2 aliphatic rings. The number of nitrogens with zero attached hydrogens (tertiary/aromatic N) is 2. The first-order chi connectivity index (χ1) is 19.8. The number of carbonyl (C=O) groups is 3. The van der Waals surface area contributed by atoms with E-state index in [0.717, 1.165) is 25.8 Å². The topological polar surface area (TPSA) is 98.2 Å². The zero-order valence-corrected chi connectivity index (χ0v) is 23.1. The van der Waals surface area contributed by atoms with Crippen LogP contribution in [0.3, 0.4) is 0 Å². The van der Waals surface area contributed by atoms with Crippen molar-refractivity contribution in [2.45, 2.75) is 38.3 Å². The van der Waals surface area contributed by atoms with Crippen molar-refractivity contribution in [1.82, 2.24) is 9.80 Å². The average Bonchev–Trinajstić information content (AvgIpc) is 2.94. The van der Waals surface area contributed by atoms with Gasteiger partial charge in [0.15, 0.2) is 11.6 Å². The SMILES string of the molecule is Cc1c(F)cccc1C1[C@@H](C(=O)c2cccc(O)c2)CN(C(CCC=O)N2CCC2)C[C@H]1C(=O)c1cccc(O)c1. The maximum atomic E-state index is 15.0. The Morgan fingerprint density at radius 1 is 0.902 bits per heavy atom. The van der Waals surface area contributed by atoms with Crippen molar-refractivity contribution in [3.63, 3.8) is 0 Å². The van der Waals surface area contributed by atoms with Gasteiger partial charge in [-0.3, -0.25) is 19.4 Å². The molecule has 2 unspecified atom stereocenters. The molecule has 4 atom stereocenters. The fourth-order valence-corrected chi connectivity index (χ4v) is 6.44. The molecule has 3 aromatic carbocycles. The number of ketones is 2. The van der Waals surface area contributed by atoms with E-state index in [9.17, 15) is 29.0 Å². The van der Waals surface area contributed by atoms with Crippen LogP contribution < -0.4 is 0 Å². The Bertz CT molecular complexity index is 1370. The largest absolute Gasteiger partial charge is 0.508 e. The number of benzene rings is 3. The molecule has 0 radical (unpaired) electrons. The summed E-state index contributed by atoms with van der Waals surface area (Å²) in [4.78, 5) is 44.3. The molecular weight excluding hydrogens is 523 g/mol. The lowest BCUT2D eigenvalue weighted by molar-refractivity contribution is -0.109. The van der Waals surface area contributed by atoms with Gasteiger partial charge in [-0.2, -0.15) is 0 Å². The van der Waals surface area contributed by atoms with Gasteiger partial charge < -0.3 is 15.0 Å². The van der Waals surface area contributed by atoms with Crippen LogP contribution >= 0.6 is 0 Å². The third kappa shape index (κ3) is 5.94. The Morgan fingerprint density at radius 3 is 1.95 bits per heavy atom. The van der Waals surface area contributed by atoms with Gasteiger partial charge in [-0.1, -0.05) is 36.4 Å². The Balaban J connectivity index is 1.65. The molecule has 0 amide bonds. The third-order valence-corrected chi connectivity index (χ3v) is 8.61. The number of aromatic hydroxyl groups is 2. The predicted molar refractivity (Wildman–Crippen MR) is 153 cm³/mol. The molecule has 214 valence electrons. The summed E-state index contributed by atoms with van der Waals surface area (Å²) < 4.78 is 15.0. The maximum absolute atomic E-state index is 15.0. The van der Waals surface area contributed by atoms with E-state index in [2.05, 4.69) is 9.80 Å². The number of likely N-dealkylation sites (tertiary alicyclic amines) is 2. The highest BCUT2D eigenvalue weighted by Crippen LogP contribution is 2.44. The van der Waals surface area contributed by atoms with Crippen molar-refractivity contribution < 1.29 is 29.0 Å². The fraction of sp³-hybridized carbons (Fsp3) is 0.364. The molecule has 2 aliphatic heterocycles. The van der Waals surface area contributed by atoms with Gasteiger partial charge >= 0.3 is 0 Å². The third-order valence-electron chi connectivity index (χ3n) is 8.61. The molecule has 0 saturated carbocycles. The van der Waals surface area contributed by atoms with E-state index in [1.54, 1.807) is 43.3 Å². The lowest BCUT2D eigenvalue weighted by atomic mass is 9.67. The first-order valence-electron chi connectivity index (χ1n) is 14.1. The van der Waals surface area contributed by atoms with Crippen LogP contribution in [0.2, 0.25) is 0 Å². The van der Waals surface area contributed by atoms with Gasteiger partial charge in [0, 0.05) is 61.5 Å². The Morgan fingerprint density at radius 2 is 1.46 bits per heavy atom. The van der Waals surface area contributed by atoms with Crippen molar-refractivity contribution in [2.24, 2.45) is 11.8 Å². The molecule has 7 nitrogen and oxygen atoms in total. The normalized spacial score (nSPS) is 22.0. The lowest BCUT2D eigenvalue weighted by Crippen LogP contribution is -2.60. The average molecular weight is 559 g/mol. The van der Waals surface area contributed by atoms with Crippen LogP contribution in [0.1, 0.15) is 57.0 Å². The molecule has 3 aromatic rings. The van der Waals surface area contributed by atoms with Crippen molar-refractivity contribution in [3.8, 4) is 11.5 Å². The summed E-state index contributed by atoms with van der Waals surface area (Å²) in [5.74, 6) is -3.13. The van der Waals surface area contributed by atoms with Crippen molar-refractivity contribution in [3.05, 3.63) is 94.8 Å². The first-order valence-corrected chi connectivity index (χ1v) is 14.1. The highest BCUT2D eigenvalue weighted by molar-refractivity contribution is 6.02. The minimum absolute atomic E-state index is 0.0428. The van der Waals surface area contributed by atoms with E-state index in [-0.39, 0.29) is 29.2 Å². The summed E-state index contributed by atoms with van der Waals surface area (Å²) in [7, 11) is 0. The smallest absolute Gasteiger partial charge is 0.167 e. The van der Waals surface area contributed by atoms with Crippen LogP contribution in [-0.4, -0.2) is 70.2 Å². The summed E-state index contributed by atoms with van der Waals surface area (Å²) in [6.07, 6.45) is 2.70. The Labute approximate surface area is 239 Å². The van der Waals surface area contributed by atoms with E-state index in [1.807, 2.05) is 0 Å². The summed E-state index contributed by atoms with van der Waals surface area (Å²) in [5, 5.41) is 20.3. The van der Waals surface area contributed by atoms with Gasteiger partial charge in [-0.05, 0) is 61.2 Å². The summed E-state index contributed by atoms with van der Waals surface area (Å²) >= 11 is 0. The molecule has 41 heavy (non-hydrogen) atoms. The highest BCUT2D eigenvalue weighted by atomic mass is 19.1. The fourth-order valence-electron chi connectivity index (χ4n) is 6.44. The van der Waals surface area contributed by atoms with Gasteiger partial charge in [0.05, 0.1) is 6.17 Å². The Kier molecular flexibility index (Phi) is 8.61. The Hall–Kier alpha value is -3.88. The maximum Gasteiger partial charge on any atom is 0.167 e. The number of phenols is 2. The van der Waals surface area contributed by atoms with Crippen molar-refractivity contribution in [1.29, 1.82) is 0 Å². The van der Waals surface area contributed by atoms with Crippen LogP contribution in [0.5, 0.6) is 11.5 Å². The second kappa shape index (κ2) is 12.3. The summed E-state index contributed by atoms with van der Waals surface area (Å²) in [6.45, 7) is 4.00. The molecule has 5 rings (SSSR count). The van der Waals surface area contributed by atoms with Crippen LogP contribution in [0.25, 0.3) is 0 Å². The number of piperidine rings is 1. The van der Waals surface area contributed by atoms with Crippen LogP contribution in [0, 0.1) is 24.6 Å². The molecule has 0 bridgehead atoms. The van der Waals surface area contributed by atoms with Crippen LogP contribution in [0.4, 0.5) is 4.39 Å². The van der Waals surface area contributed by atoms with Gasteiger partial charge in [-0.15, -0.1) is 0 Å². The number of rotatable bonds is 10. The molecule has 0 aromatic heterocycles. The van der Waals surface area contributed by atoms with Gasteiger partial charge in [0.1, 0.15) is 23.6 Å². The van der Waals surface area contributed by atoms with Crippen molar-refractivity contribution >= 4 is 17.9 Å². The number of aldehydes is 1. The van der Waals surface area contributed by atoms with E-state index in [4.69, 9.17) is 0 Å². The predicted octanol–water partition coefficient (Wildman–Crippen LogP) is 4.95. The van der Waals surface area contributed by atoms with Crippen LogP contribution in [-0.2, 0) is 4.79 Å². The second-order valence-corrected chi connectivity index (χ2v) is 11.1. The zero-order chi connectivity index (χ0) is 29.1. The summed E-state index contributed by atoms with van der Waals surface area (Å²) in [6, 6.07) is 17.1. The molecular formula is C33H35FN2O5. The lowest BCUT2D eigenvalue weighted by Gasteiger charge is -2.50. The van der Waals surface area contributed by atoms with E-state index < -0.39 is 23.6 Å². The number of Topliss-reactive ketones (excluding diaryl/α,β-unsaturated/α-hetero) is 2. The molecule has 2 saturated heterocycles. The van der Waals surface area contributed by atoms with Gasteiger partial charge in [0.25, 0.3) is 0 Å². The number of halogens is 1. The zero-order valence-electron chi connectivity index (χ0n) is 23.1. The van der Waals surface area contributed by atoms with E-state index in [1.165, 1.54) is 30.3 Å². The van der Waals surface area contributed by atoms with Crippen LogP contribution in [0.15, 0.2) is 66.7 Å². The minimum Gasteiger partial charge on any atom is -0.508 e. The van der Waals surface area contributed by atoms with Gasteiger partial charge in [0.2, 0.25) is 0 Å². The van der Waals surface area contributed by atoms with Crippen molar-refractivity contribution in [2.75, 3.05) is 26.2 Å². The highest BCUT2D eigenvalue weighted by Gasteiger charge is 2.47. The van der Waals surface area contributed by atoms with E-state index in [0.29, 0.717) is 48.2 Å². The molecule has 2 heterocycles. The quantitative estimate of drug-likeness (QED) is 0.268. The number of phenolic OH excluding ortho intramolecular Hbond substituents is 2. The summed E-state index contributed by atoms with van der Waals surface area (Å²) in [5.41, 5.74) is 1.60. The number of carbonyl (C=O) groups excluding carboxylic acids is 3. The monoisotopic (exact) mass is 558 g/mol. The molecule has 8 heteroatoms. The minimum atomic E-state index is -0.739. The molecule has 0 spiro atoms. The molecule has 2 N–H and O–H groups in total. The van der Waals surface area contributed by atoms with Gasteiger partial charge in [-0.25, -0.2) is 4.39 Å². The standard InChI is InChI=1S/C33H35FN2O5/c1-21-26(11-4-12-29(21)34)31-27(32(40)22-7-2-9-24(38)17-22)19-36(30(13-5-16-37)35-14-6-15-35)20-28(31)33(41)23-8-3-10-25(39)18-23/h2-4,7-12,16-18,27-28,30-31,38-39H,5-6,13-15,19-20H2,1H3/t27-,28+,30?,31?.